The van der Waals surface area contributed by atoms with E-state index in [0.29, 0.717) is 12.5 Å². The number of hydrogen-bond donors (Lipinski definition) is 1. The number of likely N-dealkylation sites (N-methyl/N-ethyl adjacent to an activating group) is 1. The minimum atomic E-state index is -2.80. The van der Waals surface area contributed by atoms with Crippen LogP contribution < -0.4 is 10.5 Å². The number of guanidine groups is 1. The number of ether oxygens (including phenoxy) is 1. The molecule has 1 aromatic rings. The third kappa shape index (κ3) is 2.46. The first-order valence-corrected chi connectivity index (χ1v) is 5.15. The minimum absolute atomic E-state index is 0.0654. The Hall–Kier alpha value is -1.85. The maximum absolute atomic E-state index is 12.0. The van der Waals surface area contributed by atoms with E-state index in [-0.39, 0.29) is 11.8 Å². The molecule has 6 heteroatoms. The fourth-order valence-corrected chi connectivity index (χ4v) is 1.77. The van der Waals surface area contributed by atoms with Crippen LogP contribution in [0, 0.1) is 0 Å². The fourth-order valence-electron chi connectivity index (χ4n) is 1.77. The molecule has 0 aromatic heterocycles. The molecular weight excluding hydrogens is 228 g/mol. The van der Waals surface area contributed by atoms with Gasteiger partial charge in [0.05, 0.1) is 12.6 Å². The van der Waals surface area contributed by atoms with E-state index in [1.807, 2.05) is 11.9 Å². The Labute approximate surface area is 97.7 Å². The van der Waals surface area contributed by atoms with Crippen molar-refractivity contribution in [3.05, 3.63) is 29.8 Å². The fraction of sp³-hybridized carbons (Fsp3) is 0.364. The average Bonchev–Trinajstić information content (AvgIpc) is 2.60. The van der Waals surface area contributed by atoms with Crippen LogP contribution in [0.5, 0.6) is 5.75 Å². The summed E-state index contributed by atoms with van der Waals surface area (Å²) in [5.41, 5.74) is 6.62. The van der Waals surface area contributed by atoms with Crippen molar-refractivity contribution in [1.29, 1.82) is 0 Å². The second-order valence-electron chi connectivity index (χ2n) is 3.77. The number of nitrogens with two attached hydrogens (primary N) is 1. The van der Waals surface area contributed by atoms with E-state index in [0.717, 1.165) is 5.56 Å². The summed E-state index contributed by atoms with van der Waals surface area (Å²) in [6.45, 7) is -2.22. The van der Waals surface area contributed by atoms with Crippen molar-refractivity contribution in [2.75, 3.05) is 13.6 Å². The Bertz CT molecular complexity index is 419. The Morgan fingerprint density at radius 1 is 1.41 bits per heavy atom. The highest BCUT2D eigenvalue weighted by Crippen LogP contribution is 2.25. The van der Waals surface area contributed by atoms with Crippen LogP contribution in [0.1, 0.15) is 11.6 Å². The number of rotatable bonds is 3. The van der Waals surface area contributed by atoms with E-state index in [1.165, 1.54) is 12.1 Å². The van der Waals surface area contributed by atoms with Gasteiger partial charge in [0.2, 0.25) is 0 Å². The number of halogens is 2. The molecule has 0 fully saturated rings. The molecule has 17 heavy (non-hydrogen) atoms. The summed E-state index contributed by atoms with van der Waals surface area (Å²) in [6.07, 6.45) is 0. The van der Waals surface area contributed by atoms with Gasteiger partial charge in [-0.15, -0.1) is 0 Å². The predicted molar refractivity (Wildman–Crippen MR) is 60.1 cm³/mol. The van der Waals surface area contributed by atoms with Gasteiger partial charge in [0, 0.05) is 7.05 Å². The largest absolute Gasteiger partial charge is 0.435 e. The van der Waals surface area contributed by atoms with Crippen molar-refractivity contribution in [3.63, 3.8) is 0 Å². The highest BCUT2D eigenvalue weighted by atomic mass is 19.3. The summed E-state index contributed by atoms with van der Waals surface area (Å²) in [5, 5.41) is 0. The summed E-state index contributed by atoms with van der Waals surface area (Å²) >= 11 is 0. The second-order valence-corrected chi connectivity index (χ2v) is 3.77. The van der Waals surface area contributed by atoms with Crippen LogP contribution in [0.25, 0.3) is 0 Å². The van der Waals surface area contributed by atoms with Gasteiger partial charge in [-0.05, 0) is 17.7 Å². The van der Waals surface area contributed by atoms with Gasteiger partial charge in [0.15, 0.2) is 5.96 Å². The Morgan fingerprint density at radius 2 is 2.06 bits per heavy atom. The third-order valence-corrected chi connectivity index (χ3v) is 2.75. The van der Waals surface area contributed by atoms with Crippen molar-refractivity contribution in [2.24, 2.45) is 10.7 Å². The van der Waals surface area contributed by atoms with E-state index in [4.69, 9.17) is 5.73 Å². The summed E-state index contributed by atoms with van der Waals surface area (Å²) < 4.78 is 28.2. The SMILES string of the molecule is CN1C(N)=NCC1c1ccc(OC(F)F)cc1. The molecule has 1 aromatic carbocycles. The maximum atomic E-state index is 12.0. The van der Waals surface area contributed by atoms with Gasteiger partial charge < -0.3 is 15.4 Å². The van der Waals surface area contributed by atoms with Gasteiger partial charge in [-0.1, -0.05) is 12.1 Å². The first-order chi connectivity index (χ1) is 8.08. The zero-order valence-electron chi connectivity index (χ0n) is 9.31. The summed E-state index contributed by atoms with van der Waals surface area (Å²) in [6, 6.07) is 6.59. The highest BCUT2D eigenvalue weighted by molar-refractivity contribution is 5.80. The molecule has 92 valence electrons. The lowest BCUT2D eigenvalue weighted by Crippen LogP contribution is -2.32. The zero-order chi connectivity index (χ0) is 12.4. The van der Waals surface area contributed by atoms with Crippen LogP contribution in [-0.4, -0.2) is 31.1 Å². The molecule has 0 radical (unpaired) electrons. The van der Waals surface area contributed by atoms with Gasteiger partial charge >= 0.3 is 6.61 Å². The molecule has 0 aliphatic carbocycles. The van der Waals surface area contributed by atoms with Crippen LogP contribution >= 0.6 is 0 Å². The topological polar surface area (TPSA) is 50.8 Å². The lowest BCUT2D eigenvalue weighted by molar-refractivity contribution is -0.0498. The van der Waals surface area contributed by atoms with E-state index < -0.39 is 6.61 Å². The van der Waals surface area contributed by atoms with Gasteiger partial charge in [0.1, 0.15) is 5.75 Å². The first kappa shape index (κ1) is 11.6. The van der Waals surface area contributed by atoms with Crippen molar-refractivity contribution in [3.8, 4) is 5.75 Å². The second kappa shape index (κ2) is 4.57. The summed E-state index contributed by atoms with van der Waals surface area (Å²) in [4.78, 5) is 5.97. The number of nitrogens with zero attached hydrogens (tertiary/aromatic N) is 2. The van der Waals surface area contributed by atoms with Crippen LogP contribution in [0.15, 0.2) is 29.3 Å². The van der Waals surface area contributed by atoms with Gasteiger partial charge in [-0.3, -0.25) is 4.99 Å². The van der Waals surface area contributed by atoms with E-state index in [1.54, 1.807) is 12.1 Å². The molecule has 0 saturated heterocycles. The van der Waals surface area contributed by atoms with Crippen molar-refractivity contribution >= 4 is 5.96 Å². The maximum Gasteiger partial charge on any atom is 0.387 e. The Morgan fingerprint density at radius 3 is 2.53 bits per heavy atom. The van der Waals surface area contributed by atoms with Crippen LogP contribution in [0.2, 0.25) is 0 Å². The molecule has 1 atom stereocenters. The zero-order valence-corrected chi connectivity index (χ0v) is 9.31. The molecular formula is C11H13F2N3O. The number of hydrogen-bond acceptors (Lipinski definition) is 4. The highest BCUT2D eigenvalue weighted by Gasteiger charge is 2.23. The Kier molecular flexibility index (Phi) is 3.12. The van der Waals surface area contributed by atoms with Gasteiger partial charge in [-0.2, -0.15) is 8.78 Å². The molecule has 1 aliphatic heterocycles. The lowest BCUT2D eigenvalue weighted by Gasteiger charge is -2.21. The molecule has 2 N–H and O–H groups in total. The quantitative estimate of drug-likeness (QED) is 0.874. The normalized spacial score (nSPS) is 19.6. The Balaban J connectivity index is 2.09. The van der Waals surface area contributed by atoms with Crippen LogP contribution in [-0.2, 0) is 0 Å². The summed E-state index contributed by atoms with van der Waals surface area (Å²) in [7, 11) is 1.85. The number of benzene rings is 1. The average molecular weight is 241 g/mol. The minimum Gasteiger partial charge on any atom is -0.435 e. The van der Waals surface area contributed by atoms with Crippen molar-refractivity contribution in [2.45, 2.75) is 12.7 Å². The standard InChI is InChI=1S/C11H13F2N3O/c1-16-9(6-15-11(16)14)7-2-4-8(5-3-7)17-10(12)13/h2-5,9-10H,6H2,1H3,(H2,14,15). The summed E-state index contributed by atoms with van der Waals surface area (Å²) in [5.74, 6) is 0.640. The molecule has 0 saturated carbocycles. The van der Waals surface area contributed by atoms with Gasteiger partial charge in [-0.25, -0.2) is 0 Å². The molecule has 0 amide bonds. The molecule has 1 heterocycles. The van der Waals surface area contributed by atoms with E-state index in [2.05, 4.69) is 9.73 Å². The molecule has 2 rings (SSSR count). The van der Waals surface area contributed by atoms with Crippen LogP contribution in [0.3, 0.4) is 0 Å². The monoisotopic (exact) mass is 241 g/mol. The molecule has 1 aliphatic rings. The number of alkyl halides is 2. The molecule has 0 bridgehead atoms. The molecule has 0 spiro atoms. The van der Waals surface area contributed by atoms with Crippen molar-refractivity contribution in [1.82, 2.24) is 4.90 Å². The van der Waals surface area contributed by atoms with E-state index >= 15 is 0 Å². The smallest absolute Gasteiger partial charge is 0.387 e. The molecule has 1 unspecified atom stereocenters. The van der Waals surface area contributed by atoms with E-state index in [9.17, 15) is 8.78 Å². The van der Waals surface area contributed by atoms with Gasteiger partial charge in [0.25, 0.3) is 0 Å². The first-order valence-electron chi connectivity index (χ1n) is 5.15. The third-order valence-electron chi connectivity index (χ3n) is 2.75. The molecule has 4 nitrogen and oxygen atoms in total. The lowest BCUT2D eigenvalue weighted by atomic mass is 10.1. The van der Waals surface area contributed by atoms with Crippen LogP contribution in [0.4, 0.5) is 8.78 Å². The number of aliphatic imine (C=N–C) groups is 1. The van der Waals surface area contributed by atoms with Crippen molar-refractivity contribution < 1.29 is 13.5 Å². The predicted octanol–water partition coefficient (Wildman–Crippen LogP) is 1.59.